The second kappa shape index (κ2) is 6.46. The number of carbonyl (C=O) groups excluding carboxylic acids is 1. The van der Waals surface area contributed by atoms with E-state index in [1.165, 1.54) is 22.8 Å². The molecular weight excluding hydrogens is 362 g/mol. The number of hydrogen-bond acceptors (Lipinski definition) is 3. The van der Waals surface area contributed by atoms with E-state index < -0.39 is 0 Å². The fourth-order valence-corrected chi connectivity index (χ4v) is 7.02. The van der Waals surface area contributed by atoms with E-state index in [0.29, 0.717) is 11.8 Å². The van der Waals surface area contributed by atoms with Gasteiger partial charge in [0.1, 0.15) is 5.75 Å². The van der Waals surface area contributed by atoms with E-state index in [1.807, 2.05) is 0 Å². The van der Waals surface area contributed by atoms with Crippen molar-refractivity contribution < 1.29 is 14.3 Å². The summed E-state index contributed by atoms with van der Waals surface area (Å²) < 4.78 is 12.3. The van der Waals surface area contributed by atoms with Gasteiger partial charge in [-0.25, -0.2) is 0 Å². The first kappa shape index (κ1) is 18.9. The number of carbonyl (C=O) groups is 1. The molecule has 0 aromatic heterocycles. The SMILES string of the molecule is COc1ccc2ccccc2c1[C@H]1OCC[C@@]23C[C@@H](C[C@H]12)C(C)(C)[C@H]3NC(C)=O. The lowest BCUT2D eigenvalue weighted by atomic mass is 9.58. The maximum absolute atomic E-state index is 12.1. The molecule has 0 unspecified atom stereocenters. The molecule has 2 aromatic rings. The Balaban J connectivity index is 1.64. The smallest absolute Gasteiger partial charge is 0.217 e. The number of amides is 1. The molecule has 5 atom stereocenters. The Morgan fingerprint density at radius 1 is 1.21 bits per heavy atom. The molecule has 2 aliphatic carbocycles. The van der Waals surface area contributed by atoms with Gasteiger partial charge >= 0.3 is 0 Å². The monoisotopic (exact) mass is 393 g/mol. The van der Waals surface area contributed by atoms with Crippen LogP contribution in [0.1, 0.15) is 51.7 Å². The Morgan fingerprint density at radius 3 is 2.76 bits per heavy atom. The van der Waals surface area contributed by atoms with Crippen LogP contribution in [0, 0.1) is 22.7 Å². The third-order valence-corrected chi connectivity index (χ3v) is 8.29. The second-order valence-electron chi connectivity index (χ2n) is 9.88. The van der Waals surface area contributed by atoms with Crippen LogP contribution in [0.15, 0.2) is 36.4 Å². The standard InChI is InChI=1S/C25H31NO3/c1-15(27)26-23-24(2,3)17-13-19-22(29-12-11-25(19,23)14-17)21-18-8-6-5-7-16(18)9-10-20(21)28-4/h5-10,17,19,22-23H,11-14H2,1-4H3,(H,26,27)/t17-,19-,22+,23-,25-/m1/s1. The molecule has 29 heavy (non-hydrogen) atoms. The third-order valence-electron chi connectivity index (χ3n) is 8.29. The first-order valence-electron chi connectivity index (χ1n) is 10.8. The molecule has 1 heterocycles. The minimum absolute atomic E-state index is 0.00200. The van der Waals surface area contributed by atoms with E-state index in [9.17, 15) is 4.79 Å². The minimum atomic E-state index is 0.00200. The molecule has 5 rings (SSSR count). The molecule has 1 saturated heterocycles. The molecule has 0 radical (unpaired) electrons. The van der Waals surface area contributed by atoms with E-state index in [2.05, 4.69) is 55.6 Å². The molecule has 2 bridgehead atoms. The number of benzene rings is 2. The van der Waals surface area contributed by atoms with Crippen LogP contribution in [0.2, 0.25) is 0 Å². The molecule has 1 aliphatic heterocycles. The Kier molecular flexibility index (Phi) is 4.22. The van der Waals surface area contributed by atoms with Crippen LogP contribution < -0.4 is 10.1 Å². The molecule has 2 aromatic carbocycles. The molecule has 4 nitrogen and oxygen atoms in total. The van der Waals surface area contributed by atoms with Gasteiger partial charge in [0.15, 0.2) is 0 Å². The predicted molar refractivity (Wildman–Crippen MR) is 114 cm³/mol. The number of nitrogens with one attached hydrogen (secondary N) is 1. The van der Waals surface area contributed by atoms with E-state index >= 15 is 0 Å². The van der Waals surface area contributed by atoms with Gasteiger partial charge in [0.2, 0.25) is 5.91 Å². The van der Waals surface area contributed by atoms with E-state index in [4.69, 9.17) is 9.47 Å². The zero-order valence-corrected chi connectivity index (χ0v) is 17.8. The number of rotatable bonds is 3. The highest BCUT2D eigenvalue weighted by molar-refractivity contribution is 5.88. The average Bonchev–Trinajstić information content (AvgIpc) is 3.19. The summed E-state index contributed by atoms with van der Waals surface area (Å²) >= 11 is 0. The minimum Gasteiger partial charge on any atom is -0.496 e. The van der Waals surface area contributed by atoms with Crippen LogP contribution in [0.5, 0.6) is 5.75 Å². The summed E-state index contributed by atoms with van der Waals surface area (Å²) in [5.41, 5.74) is 1.40. The summed E-state index contributed by atoms with van der Waals surface area (Å²) in [5, 5.41) is 5.80. The molecule has 4 heteroatoms. The first-order valence-corrected chi connectivity index (χ1v) is 10.8. The lowest BCUT2D eigenvalue weighted by Gasteiger charge is -2.53. The Morgan fingerprint density at radius 2 is 2.00 bits per heavy atom. The second-order valence-corrected chi connectivity index (χ2v) is 9.88. The van der Waals surface area contributed by atoms with Crippen LogP contribution in [-0.2, 0) is 9.53 Å². The Bertz CT molecular complexity index is 968. The number of hydrogen-bond donors (Lipinski definition) is 1. The highest BCUT2D eigenvalue weighted by Gasteiger charge is 2.68. The maximum atomic E-state index is 12.1. The molecule has 2 saturated carbocycles. The van der Waals surface area contributed by atoms with Gasteiger partial charge in [-0.1, -0.05) is 44.2 Å². The summed E-state index contributed by atoms with van der Waals surface area (Å²) in [5.74, 6) is 1.98. The summed E-state index contributed by atoms with van der Waals surface area (Å²) in [6.07, 6.45) is 3.36. The van der Waals surface area contributed by atoms with Gasteiger partial charge in [-0.3, -0.25) is 4.79 Å². The lowest BCUT2D eigenvalue weighted by Crippen LogP contribution is -2.58. The summed E-state index contributed by atoms with van der Waals surface area (Å²) in [6.45, 7) is 7.06. The van der Waals surface area contributed by atoms with Crippen LogP contribution in [0.4, 0.5) is 0 Å². The topological polar surface area (TPSA) is 47.6 Å². The number of methoxy groups -OCH3 is 1. The van der Waals surface area contributed by atoms with Crippen molar-refractivity contribution in [1.82, 2.24) is 5.32 Å². The zero-order valence-electron chi connectivity index (χ0n) is 17.8. The maximum Gasteiger partial charge on any atom is 0.217 e. The van der Waals surface area contributed by atoms with Crippen molar-refractivity contribution in [3.8, 4) is 5.75 Å². The highest BCUT2D eigenvalue weighted by Crippen LogP contribution is 2.71. The third kappa shape index (κ3) is 2.58. The van der Waals surface area contributed by atoms with Crippen molar-refractivity contribution in [2.45, 2.75) is 52.2 Å². The van der Waals surface area contributed by atoms with Gasteiger partial charge in [0, 0.05) is 25.1 Å². The van der Waals surface area contributed by atoms with Gasteiger partial charge in [-0.05, 0) is 58.8 Å². The van der Waals surface area contributed by atoms with Gasteiger partial charge < -0.3 is 14.8 Å². The normalized spacial score (nSPS) is 34.8. The fourth-order valence-electron chi connectivity index (χ4n) is 7.02. The predicted octanol–water partition coefficient (Wildman–Crippen LogP) is 4.87. The van der Waals surface area contributed by atoms with Crippen LogP contribution in [0.25, 0.3) is 10.8 Å². The van der Waals surface area contributed by atoms with Crippen molar-refractivity contribution in [2.75, 3.05) is 13.7 Å². The van der Waals surface area contributed by atoms with Crippen LogP contribution >= 0.6 is 0 Å². The van der Waals surface area contributed by atoms with Crippen molar-refractivity contribution in [1.29, 1.82) is 0 Å². The van der Waals surface area contributed by atoms with Gasteiger partial charge in [-0.2, -0.15) is 0 Å². The Labute approximate surface area is 173 Å². The number of fused-ring (bicyclic) bond motifs is 2. The van der Waals surface area contributed by atoms with Crippen molar-refractivity contribution in [3.63, 3.8) is 0 Å². The fraction of sp³-hybridized carbons (Fsp3) is 0.560. The van der Waals surface area contributed by atoms with Crippen LogP contribution in [0.3, 0.4) is 0 Å². The summed E-state index contributed by atoms with van der Waals surface area (Å²) in [4.78, 5) is 12.1. The van der Waals surface area contributed by atoms with Crippen molar-refractivity contribution in [3.05, 3.63) is 42.0 Å². The largest absolute Gasteiger partial charge is 0.496 e. The molecule has 3 aliphatic rings. The zero-order chi connectivity index (χ0) is 20.4. The van der Waals surface area contributed by atoms with Crippen molar-refractivity contribution >= 4 is 16.7 Å². The quantitative estimate of drug-likeness (QED) is 0.809. The molecule has 1 N–H and O–H groups in total. The number of ether oxygens (including phenoxy) is 2. The molecule has 3 fully saturated rings. The van der Waals surface area contributed by atoms with Gasteiger partial charge in [0.05, 0.1) is 13.2 Å². The molecule has 1 spiro atoms. The lowest BCUT2D eigenvalue weighted by molar-refractivity contribution is -0.135. The molecule has 154 valence electrons. The average molecular weight is 394 g/mol. The molecular formula is C25H31NO3. The van der Waals surface area contributed by atoms with E-state index in [1.54, 1.807) is 14.0 Å². The summed E-state index contributed by atoms with van der Waals surface area (Å²) in [6, 6.07) is 12.9. The summed E-state index contributed by atoms with van der Waals surface area (Å²) in [7, 11) is 1.75. The van der Waals surface area contributed by atoms with Gasteiger partial charge in [0.25, 0.3) is 0 Å². The Hall–Kier alpha value is -2.07. The highest BCUT2D eigenvalue weighted by atomic mass is 16.5. The van der Waals surface area contributed by atoms with E-state index in [0.717, 1.165) is 25.2 Å². The van der Waals surface area contributed by atoms with Crippen LogP contribution in [-0.4, -0.2) is 25.7 Å². The van der Waals surface area contributed by atoms with Gasteiger partial charge in [-0.15, -0.1) is 0 Å². The molecule has 1 amide bonds. The first-order chi connectivity index (χ1) is 13.9. The van der Waals surface area contributed by atoms with E-state index in [-0.39, 0.29) is 28.9 Å². The van der Waals surface area contributed by atoms with Crippen molar-refractivity contribution in [2.24, 2.45) is 22.7 Å².